The number of aliphatic hydroxyl groups is 1. The van der Waals surface area contributed by atoms with Gasteiger partial charge < -0.3 is 14.6 Å². The van der Waals surface area contributed by atoms with Crippen LogP contribution in [0.25, 0.3) is 11.1 Å². The van der Waals surface area contributed by atoms with E-state index in [9.17, 15) is 8.78 Å². The molecule has 0 aromatic heterocycles. The van der Waals surface area contributed by atoms with E-state index in [1.165, 1.54) is 31.4 Å². The van der Waals surface area contributed by atoms with Crippen LogP contribution in [0.15, 0.2) is 36.4 Å². The average Bonchev–Trinajstić information content (AvgIpc) is 2.69. The molecule has 1 N–H and O–H groups in total. The molecule has 0 heterocycles. The van der Waals surface area contributed by atoms with Crippen LogP contribution in [-0.2, 0) is 0 Å². The third-order valence-electron chi connectivity index (χ3n) is 4.31. The van der Waals surface area contributed by atoms with E-state index < -0.39 is 17.7 Å². The lowest BCUT2D eigenvalue weighted by Gasteiger charge is -2.14. The van der Waals surface area contributed by atoms with Crippen LogP contribution in [0.5, 0.6) is 11.5 Å². The fourth-order valence-corrected chi connectivity index (χ4v) is 2.73. The second-order valence-electron chi connectivity index (χ2n) is 6.64. The molecular weight excluding hydrogens is 350 g/mol. The Bertz CT molecular complexity index is 701. The van der Waals surface area contributed by atoms with Gasteiger partial charge in [-0.1, -0.05) is 44.7 Å². The Morgan fingerprint density at radius 2 is 1.63 bits per heavy atom. The Balaban J connectivity index is 1.99. The molecule has 1 atom stereocenters. The predicted octanol–water partition coefficient (Wildman–Crippen LogP) is 5.74. The molecule has 0 saturated heterocycles. The minimum absolute atomic E-state index is 0.155. The Morgan fingerprint density at radius 3 is 2.30 bits per heavy atom. The van der Waals surface area contributed by atoms with Crippen molar-refractivity contribution in [1.29, 1.82) is 0 Å². The molecule has 3 nitrogen and oxygen atoms in total. The number of benzene rings is 2. The standard InChI is InChI=1S/C22H28F2O3/c1-3-4-5-6-7-14-26-18-10-8-17(9-11-18)19-12-13-20(22(24)21(19)23)27-16(2)15-25/h8-13,16,25H,3-7,14-15H2,1-2H3. The van der Waals surface area contributed by atoms with Crippen LogP contribution in [0.4, 0.5) is 8.78 Å². The fourth-order valence-electron chi connectivity index (χ4n) is 2.73. The zero-order valence-corrected chi connectivity index (χ0v) is 16.0. The molecule has 148 valence electrons. The molecule has 27 heavy (non-hydrogen) atoms. The Labute approximate surface area is 159 Å². The summed E-state index contributed by atoms with van der Waals surface area (Å²) in [4.78, 5) is 0. The highest BCUT2D eigenvalue weighted by molar-refractivity contribution is 5.66. The highest BCUT2D eigenvalue weighted by Crippen LogP contribution is 2.31. The first-order valence-corrected chi connectivity index (χ1v) is 9.55. The first kappa shape index (κ1) is 21.2. The van der Waals surface area contributed by atoms with Crippen molar-refractivity contribution in [2.75, 3.05) is 13.2 Å². The summed E-state index contributed by atoms with van der Waals surface area (Å²) in [6.07, 6.45) is 5.24. The number of halogens is 2. The first-order valence-electron chi connectivity index (χ1n) is 9.55. The van der Waals surface area contributed by atoms with E-state index >= 15 is 0 Å². The quantitative estimate of drug-likeness (QED) is 0.507. The van der Waals surface area contributed by atoms with Gasteiger partial charge in [-0.25, -0.2) is 4.39 Å². The molecule has 0 aliphatic heterocycles. The van der Waals surface area contributed by atoms with Gasteiger partial charge in [-0.2, -0.15) is 4.39 Å². The molecule has 0 fully saturated rings. The molecule has 0 spiro atoms. The molecule has 0 aliphatic rings. The van der Waals surface area contributed by atoms with Crippen LogP contribution in [-0.4, -0.2) is 24.4 Å². The molecule has 1 unspecified atom stereocenters. The molecule has 2 aromatic rings. The van der Waals surface area contributed by atoms with Crippen molar-refractivity contribution in [1.82, 2.24) is 0 Å². The van der Waals surface area contributed by atoms with Gasteiger partial charge in [-0.05, 0) is 43.2 Å². The molecule has 0 aliphatic carbocycles. The van der Waals surface area contributed by atoms with Gasteiger partial charge >= 0.3 is 0 Å². The van der Waals surface area contributed by atoms with E-state index in [0.29, 0.717) is 17.9 Å². The van der Waals surface area contributed by atoms with Gasteiger partial charge in [0.1, 0.15) is 11.9 Å². The molecule has 2 rings (SSSR count). The Hall–Kier alpha value is -2.14. The topological polar surface area (TPSA) is 38.7 Å². The SMILES string of the molecule is CCCCCCCOc1ccc(-c2ccc(OC(C)CO)c(F)c2F)cc1. The highest BCUT2D eigenvalue weighted by Gasteiger charge is 2.17. The van der Waals surface area contributed by atoms with Crippen LogP contribution in [0.3, 0.4) is 0 Å². The average molecular weight is 378 g/mol. The molecule has 5 heteroatoms. The van der Waals surface area contributed by atoms with Crippen LogP contribution in [0, 0.1) is 11.6 Å². The highest BCUT2D eigenvalue weighted by atomic mass is 19.2. The Morgan fingerprint density at radius 1 is 0.926 bits per heavy atom. The smallest absolute Gasteiger partial charge is 0.201 e. The van der Waals surface area contributed by atoms with Crippen LogP contribution >= 0.6 is 0 Å². The van der Waals surface area contributed by atoms with Crippen LogP contribution < -0.4 is 9.47 Å². The minimum Gasteiger partial charge on any atom is -0.494 e. The van der Waals surface area contributed by atoms with Crippen LogP contribution in [0.2, 0.25) is 0 Å². The summed E-state index contributed by atoms with van der Waals surface area (Å²) in [5.41, 5.74) is 0.714. The summed E-state index contributed by atoms with van der Waals surface area (Å²) >= 11 is 0. The van der Waals surface area contributed by atoms with Gasteiger partial charge in [-0.15, -0.1) is 0 Å². The zero-order chi connectivity index (χ0) is 19.6. The number of rotatable bonds is 11. The molecule has 0 bridgehead atoms. The maximum Gasteiger partial charge on any atom is 0.201 e. The number of hydrogen-bond donors (Lipinski definition) is 1. The van der Waals surface area contributed by atoms with E-state index in [1.807, 2.05) is 0 Å². The molecule has 0 amide bonds. The third kappa shape index (κ3) is 6.21. The van der Waals surface area contributed by atoms with Gasteiger partial charge in [0.25, 0.3) is 0 Å². The lowest BCUT2D eigenvalue weighted by atomic mass is 10.0. The maximum absolute atomic E-state index is 14.4. The minimum atomic E-state index is -1.06. The second kappa shape index (κ2) is 10.9. The third-order valence-corrected chi connectivity index (χ3v) is 4.31. The van der Waals surface area contributed by atoms with Gasteiger partial charge in [0, 0.05) is 5.56 Å². The summed E-state index contributed by atoms with van der Waals surface area (Å²) in [6, 6.07) is 9.79. The second-order valence-corrected chi connectivity index (χ2v) is 6.64. The van der Waals surface area contributed by atoms with Gasteiger partial charge in [0.2, 0.25) is 5.82 Å². The largest absolute Gasteiger partial charge is 0.494 e. The van der Waals surface area contributed by atoms with E-state index in [0.717, 1.165) is 12.8 Å². The van der Waals surface area contributed by atoms with E-state index in [1.54, 1.807) is 31.2 Å². The predicted molar refractivity (Wildman–Crippen MR) is 103 cm³/mol. The van der Waals surface area contributed by atoms with Gasteiger partial charge in [-0.3, -0.25) is 0 Å². The molecule has 0 radical (unpaired) electrons. The van der Waals surface area contributed by atoms with Crippen molar-refractivity contribution in [3.05, 3.63) is 48.0 Å². The van der Waals surface area contributed by atoms with E-state index in [4.69, 9.17) is 14.6 Å². The maximum atomic E-state index is 14.4. The van der Waals surface area contributed by atoms with Gasteiger partial charge in [0.05, 0.1) is 13.2 Å². The molecule has 2 aromatic carbocycles. The summed E-state index contributed by atoms with van der Waals surface area (Å²) in [5.74, 6) is -1.52. The monoisotopic (exact) mass is 378 g/mol. The van der Waals surface area contributed by atoms with Crippen molar-refractivity contribution in [2.45, 2.75) is 52.1 Å². The van der Waals surface area contributed by atoms with Crippen molar-refractivity contribution in [3.63, 3.8) is 0 Å². The zero-order valence-electron chi connectivity index (χ0n) is 16.0. The van der Waals surface area contributed by atoms with E-state index in [-0.39, 0.29) is 17.9 Å². The molecule has 0 saturated carbocycles. The Kier molecular flexibility index (Phi) is 8.52. The van der Waals surface area contributed by atoms with Crippen molar-refractivity contribution >= 4 is 0 Å². The van der Waals surface area contributed by atoms with Crippen molar-refractivity contribution in [3.8, 4) is 22.6 Å². The number of aliphatic hydroxyl groups excluding tert-OH is 1. The summed E-state index contributed by atoms with van der Waals surface area (Å²) in [6.45, 7) is 4.14. The number of ether oxygens (including phenoxy) is 2. The number of unbranched alkanes of at least 4 members (excludes halogenated alkanes) is 4. The van der Waals surface area contributed by atoms with Gasteiger partial charge in [0.15, 0.2) is 11.6 Å². The summed E-state index contributed by atoms with van der Waals surface area (Å²) in [5, 5.41) is 8.98. The lowest BCUT2D eigenvalue weighted by molar-refractivity contribution is 0.124. The summed E-state index contributed by atoms with van der Waals surface area (Å²) in [7, 11) is 0. The lowest BCUT2D eigenvalue weighted by Crippen LogP contribution is -2.17. The summed E-state index contributed by atoms with van der Waals surface area (Å²) < 4.78 is 39.5. The van der Waals surface area contributed by atoms with Crippen LogP contribution in [0.1, 0.15) is 46.0 Å². The van der Waals surface area contributed by atoms with Crippen molar-refractivity contribution < 1.29 is 23.4 Å². The number of hydrogen-bond acceptors (Lipinski definition) is 3. The van der Waals surface area contributed by atoms with E-state index in [2.05, 4.69) is 6.92 Å². The first-order chi connectivity index (χ1) is 13.1. The molecular formula is C22H28F2O3. The normalized spacial score (nSPS) is 12.0. The fraction of sp³-hybridized carbons (Fsp3) is 0.455. The van der Waals surface area contributed by atoms with Crippen molar-refractivity contribution in [2.24, 2.45) is 0 Å².